The van der Waals surface area contributed by atoms with Gasteiger partial charge in [-0.15, -0.1) is 0 Å². The van der Waals surface area contributed by atoms with Crippen LogP contribution in [0.1, 0.15) is 32.6 Å². The molecule has 0 bridgehead atoms. The van der Waals surface area contributed by atoms with Crippen molar-refractivity contribution < 1.29 is 8.95 Å². The molecule has 3 nitrogen and oxygen atoms in total. The van der Waals surface area contributed by atoms with Crippen LogP contribution in [0.25, 0.3) is 0 Å². The normalized spacial score (nSPS) is 34.7. The molecule has 4 heteroatoms. The van der Waals surface area contributed by atoms with Crippen molar-refractivity contribution in [3.63, 3.8) is 0 Å². The Morgan fingerprint density at radius 1 is 1.60 bits per heavy atom. The summed E-state index contributed by atoms with van der Waals surface area (Å²) in [7, 11) is -0.810. The number of nitriles is 1. The second-order valence-electron chi connectivity index (χ2n) is 4.76. The summed E-state index contributed by atoms with van der Waals surface area (Å²) >= 11 is 0. The molecule has 2 fully saturated rings. The van der Waals surface area contributed by atoms with Gasteiger partial charge in [0, 0.05) is 29.6 Å². The summed E-state index contributed by atoms with van der Waals surface area (Å²) in [6.07, 6.45) is 3.77. The summed E-state index contributed by atoms with van der Waals surface area (Å²) in [5.41, 5.74) is 0.0991. The zero-order chi connectivity index (χ0) is 10.9. The van der Waals surface area contributed by atoms with Gasteiger partial charge >= 0.3 is 0 Å². The van der Waals surface area contributed by atoms with E-state index in [0.717, 1.165) is 25.9 Å². The molecule has 1 aliphatic heterocycles. The molecule has 1 saturated heterocycles. The lowest BCUT2D eigenvalue weighted by molar-refractivity contribution is 0.127. The van der Waals surface area contributed by atoms with Crippen LogP contribution in [-0.4, -0.2) is 27.9 Å². The number of rotatable bonds is 4. The predicted molar refractivity (Wildman–Crippen MR) is 58.7 cm³/mol. The topological polar surface area (TPSA) is 50.1 Å². The fourth-order valence-corrected chi connectivity index (χ4v) is 4.26. The van der Waals surface area contributed by atoms with Crippen molar-refractivity contribution in [3.8, 4) is 6.07 Å². The Morgan fingerprint density at radius 3 is 2.80 bits per heavy atom. The van der Waals surface area contributed by atoms with Crippen molar-refractivity contribution in [2.24, 2.45) is 5.41 Å². The lowest BCUT2D eigenvalue weighted by Crippen LogP contribution is -2.28. The highest BCUT2D eigenvalue weighted by Crippen LogP contribution is 2.49. The first-order chi connectivity index (χ1) is 7.17. The molecule has 0 spiro atoms. The monoisotopic (exact) mass is 227 g/mol. The lowest BCUT2D eigenvalue weighted by atomic mass is 10.1. The summed E-state index contributed by atoms with van der Waals surface area (Å²) in [6, 6.07) is 2.21. The maximum atomic E-state index is 12.1. The van der Waals surface area contributed by atoms with Gasteiger partial charge in [-0.2, -0.15) is 5.26 Å². The fraction of sp³-hybridized carbons (Fsp3) is 0.909. The third-order valence-electron chi connectivity index (χ3n) is 3.50. The minimum Gasteiger partial charge on any atom is -0.377 e. The molecule has 1 saturated carbocycles. The quantitative estimate of drug-likeness (QED) is 0.733. The van der Waals surface area contributed by atoms with Crippen LogP contribution in [0, 0.1) is 16.7 Å². The van der Waals surface area contributed by atoms with E-state index in [9.17, 15) is 4.21 Å². The van der Waals surface area contributed by atoms with Gasteiger partial charge in [0.05, 0.1) is 17.4 Å². The first-order valence-electron chi connectivity index (χ1n) is 5.53. The Labute approximate surface area is 93.3 Å². The van der Waals surface area contributed by atoms with Crippen LogP contribution in [0.5, 0.6) is 0 Å². The maximum Gasteiger partial charge on any atom is 0.0691 e. The molecule has 84 valence electrons. The number of ether oxygens (including phenoxy) is 1. The molecule has 3 atom stereocenters. The summed E-state index contributed by atoms with van der Waals surface area (Å²) in [6.45, 7) is 2.74. The summed E-state index contributed by atoms with van der Waals surface area (Å²) in [5, 5.41) is 8.89. The lowest BCUT2D eigenvalue weighted by Gasteiger charge is -2.17. The van der Waals surface area contributed by atoms with Crippen molar-refractivity contribution in [1.82, 2.24) is 0 Å². The first kappa shape index (κ1) is 11.1. The predicted octanol–water partition coefficient (Wildman–Crippen LogP) is 1.61. The molecule has 2 aliphatic rings. The Morgan fingerprint density at radius 2 is 2.33 bits per heavy atom. The second kappa shape index (κ2) is 4.23. The zero-order valence-corrected chi connectivity index (χ0v) is 9.89. The van der Waals surface area contributed by atoms with Gasteiger partial charge < -0.3 is 4.74 Å². The molecule has 0 aromatic heterocycles. The van der Waals surface area contributed by atoms with Crippen LogP contribution in [0.2, 0.25) is 0 Å². The molecule has 0 amide bonds. The molecule has 0 aromatic rings. The minimum atomic E-state index is -0.810. The van der Waals surface area contributed by atoms with Crippen molar-refractivity contribution in [2.45, 2.75) is 44.0 Å². The van der Waals surface area contributed by atoms with Crippen molar-refractivity contribution >= 4 is 10.8 Å². The highest BCUT2D eigenvalue weighted by atomic mass is 32.2. The third kappa shape index (κ3) is 2.40. The van der Waals surface area contributed by atoms with E-state index in [1.54, 1.807) is 0 Å². The minimum absolute atomic E-state index is 0.0991. The van der Waals surface area contributed by atoms with E-state index >= 15 is 0 Å². The third-order valence-corrected chi connectivity index (χ3v) is 5.70. The highest BCUT2D eigenvalue weighted by molar-refractivity contribution is 7.85. The number of hydrogen-bond acceptors (Lipinski definition) is 3. The van der Waals surface area contributed by atoms with E-state index in [1.807, 2.05) is 6.92 Å². The van der Waals surface area contributed by atoms with Gasteiger partial charge in [-0.3, -0.25) is 4.21 Å². The molecule has 0 aromatic carbocycles. The first-order valence-corrected chi connectivity index (χ1v) is 6.91. The van der Waals surface area contributed by atoms with Crippen LogP contribution in [0.15, 0.2) is 0 Å². The molecular formula is C11H17NO2S. The average Bonchev–Trinajstić information content (AvgIpc) is 2.78. The Kier molecular flexibility index (Phi) is 3.13. The van der Waals surface area contributed by atoms with Gasteiger partial charge in [0.25, 0.3) is 0 Å². The molecule has 3 unspecified atom stereocenters. The number of nitrogens with zero attached hydrogens (tertiary/aromatic N) is 1. The van der Waals surface area contributed by atoms with E-state index in [-0.39, 0.29) is 16.8 Å². The van der Waals surface area contributed by atoms with Crippen LogP contribution < -0.4 is 0 Å². The Hall–Kier alpha value is -0.400. The molecule has 15 heavy (non-hydrogen) atoms. The average molecular weight is 227 g/mol. The van der Waals surface area contributed by atoms with Gasteiger partial charge in [0.15, 0.2) is 0 Å². The van der Waals surface area contributed by atoms with Gasteiger partial charge in [0.2, 0.25) is 0 Å². The van der Waals surface area contributed by atoms with Gasteiger partial charge in [0.1, 0.15) is 0 Å². The van der Waals surface area contributed by atoms with Crippen LogP contribution in [-0.2, 0) is 15.5 Å². The molecule has 1 aliphatic carbocycles. The zero-order valence-electron chi connectivity index (χ0n) is 9.07. The summed E-state index contributed by atoms with van der Waals surface area (Å²) in [4.78, 5) is 0. The summed E-state index contributed by atoms with van der Waals surface area (Å²) in [5.74, 6) is 0.707. The maximum absolute atomic E-state index is 12.1. The highest BCUT2D eigenvalue weighted by Gasteiger charge is 2.45. The van der Waals surface area contributed by atoms with Gasteiger partial charge in [-0.25, -0.2) is 0 Å². The largest absolute Gasteiger partial charge is 0.377 e. The molecule has 0 radical (unpaired) electrons. The van der Waals surface area contributed by atoms with E-state index in [1.165, 1.54) is 0 Å². The van der Waals surface area contributed by atoms with Crippen LogP contribution >= 0.6 is 0 Å². The van der Waals surface area contributed by atoms with Crippen molar-refractivity contribution in [1.29, 1.82) is 5.26 Å². The standard InChI is InChI=1S/C11H17NO2S/c1-9-10(2-7-14-9)15(13)8-11(3-4-11)5-6-12/h9-10H,2-5,7-8H2,1H3. The van der Waals surface area contributed by atoms with E-state index in [2.05, 4.69) is 6.07 Å². The van der Waals surface area contributed by atoms with Gasteiger partial charge in [-0.1, -0.05) is 0 Å². The van der Waals surface area contributed by atoms with Gasteiger partial charge in [-0.05, 0) is 31.6 Å². The molecule has 0 N–H and O–H groups in total. The second-order valence-corrected chi connectivity index (χ2v) is 6.42. The Balaban J connectivity index is 1.90. The molecular weight excluding hydrogens is 210 g/mol. The summed E-state index contributed by atoms with van der Waals surface area (Å²) < 4.78 is 17.5. The van der Waals surface area contributed by atoms with Crippen molar-refractivity contribution in [2.75, 3.05) is 12.4 Å². The van der Waals surface area contributed by atoms with Crippen molar-refractivity contribution in [3.05, 3.63) is 0 Å². The SMILES string of the molecule is CC1OCCC1S(=O)CC1(CC#N)CC1. The van der Waals surface area contributed by atoms with E-state index < -0.39 is 10.8 Å². The number of hydrogen-bond donors (Lipinski definition) is 0. The van der Waals surface area contributed by atoms with E-state index in [4.69, 9.17) is 10.00 Å². The molecule has 1 heterocycles. The van der Waals surface area contributed by atoms with E-state index in [0.29, 0.717) is 12.2 Å². The Bertz CT molecular complexity index is 306. The fourth-order valence-electron chi connectivity index (χ4n) is 2.18. The van der Waals surface area contributed by atoms with Crippen LogP contribution in [0.4, 0.5) is 0 Å². The van der Waals surface area contributed by atoms with Crippen LogP contribution in [0.3, 0.4) is 0 Å². The molecule has 2 rings (SSSR count). The smallest absolute Gasteiger partial charge is 0.0691 e.